The fourth-order valence-electron chi connectivity index (χ4n) is 1.64. The van der Waals surface area contributed by atoms with Gasteiger partial charge in [-0.1, -0.05) is 19.9 Å². The van der Waals surface area contributed by atoms with E-state index in [-0.39, 0.29) is 16.9 Å². The maximum Gasteiger partial charge on any atom is 0.157 e. The monoisotopic (exact) mass is 271 g/mol. The summed E-state index contributed by atoms with van der Waals surface area (Å²) in [5.74, 6) is 0.597. The van der Waals surface area contributed by atoms with Gasteiger partial charge in [-0.15, -0.1) is 0 Å². The van der Waals surface area contributed by atoms with Crippen molar-refractivity contribution in [3.8, 4) is 5.75 Å². The van der Waals surface area contributed by atoms with Crippen LogP contribution in [-0.2, 0) is 15.6 Å². The van der Waals surface area contributed by atoms with Crippen LogP contribution >= 0.6 is 0 Å². The predicted molar refractivity (Wildman–Crippen MR) is 74.3 cm³/mol. The molecule has 0 aliphatic heterocycles. The highest BCUT2D eigenvalue weighted by Gasteiger charge is 2.25. The molecule has 1 rings (SSSR count). The van der Waals surface area contributed by atoms with E-state index in [1.165, 1.54) is 7.11 Å². The number of hydrogen-bond acceptors (Lipinski definition) is 4. The van der Waals surface area contributed by atoms with E-state index in [9.17, 15) is 8.42 Å². The first-order chi connectivity index (χ1) is 8.27. The highest BCUT2D eigenvalue weighted by atomic mass is 32.2. The SMILES string of the molecule is COc1cc(N)ccc1CS(=O)(=O)C(C)C(C)C. The van der Waals surface area contributed by atoms with Gasteiger partial charge in [-0.2, -0.15) is 0 Å². The highest BCUT2D eigenvalue weighted by Crippen LogP contribution is 2.26. The summed E-state index contributed by atoms with van der Waals surface area (Å²) in [4.78, 5) is 0. The van der Waals surface area contributed by atoms with Crippen molar-refractivity contribution in [1.82, 2.24) is 0 Å². The van der Waals surface area contributed by atoms with Crippen molar-refractivity contribution in [2.75, 3.05) is 12.8 Å². The second-order valence-electron chi connectivity index (χ2n) is 4.83. The molecular weight excluding hydrogens is 250 g/mol. The predicted octanol–water partition coefficient (Wildman–Crippen LogP) is 2.24. The van der Waals surface area contributed by atoms with Crippen molar-refractivity contribution >= 4 is 15.5 Å². The summed E-state index contributed by atoms with van der Waals surface area (Å²) < 4.78 is 29.6. The molecule has 2 N–H and O–H groups in total. The minimum Gasteiger partial charge on any atom is -0.496 e. The van der Waals surface area contributed by atoms with E-state index in [1.54, 1.807) is 25.1 Å². The van der Waals surface area contributed by atoms with Gasteiger partial charge in [0.1, 0.15) is 5.75 Å². The van der Waals surface area contributed by atoms with E-state index in [1.807, 2.05) is 13.8 Å². The number of ether oxygens (including phenoxy) is 1. The first-order valence-corrected chi connectivity index (χ1v) is 7.63. The van der Waals surface area contributed by atoms with Crippen LogP contribution < -0.4 is 10.5 Å². The number of hydrogen-bond donors (Lipinski definition) is 1. The van der Waals surface area contributed by atoms with Crippen LogP contribution in [0.15, 0.2) is 18.2 Å². The first kappa shape index (κ1) is 14.8. The van der Waals surface area contributed by atoms with Crippen molar-refractivity contribution in [2.24, 2.45) is 5.92 Å². The van der Waals surface area contributed by atoms with Crippen molar-refractivity contribution in [3.63, 3.8) is 0 Å². The fourth-order valence-corrected chi connectivity index (χ4v) is 3.41. The molecule has 18 heavy (non-hydrogen) atoms. The molecule has 0 bridgehead atoms. The first-order valence-electron chi connectivity index (χ1n) is 5.92. The number of nitrogens with two attached hydrogens (primary N) is 1. The quantitative estimate of drug-likeness (QED) is 0.834. The minimum atomic E-state index is -3.18. The van der Waals surface area contributed by atoms with Crippen LogP contribution in [0.5, 0.6) is 5.75 Å². The maximum atomic E-state index is 12.2. The zero-order valence-corrected chi connectivity index (χ0v) is 12.1. The van der Waals surface area contributed by atoms with Crippen molar-refractivity contribution in [3.05, 3.63) is 23.8 Å². The largest absolute Gasteiger partial charge is 0.496 e. The van der Waals surface area contributed by atoms with Crippen LogP contribution in [0, 0.1) is 5.92 Å². The summed E-state index contributed by atoms with van der Waals surface area (Å²) >= 11 is 0. The Hall–Kier alpha value is -1.23. The smallest absolute Gasteiger partial charge is 0.157 e. The van der Waals surface area contributed by atoms with Gasteiger partial charge < -0.3 is 10.5 Å². The van der Waals surface area contributed by atoms with Crippen molar-refractivity contribution in [2.45, 2.75) is 31.8 Å². The summed E-state index contributed by atoms with van der Waals surface area (Å²) in [6.45, 7) is 5.55. The van der Waals surface area contributed by atoms with Gasteiger partial charge >= 0.3 is 0 Å². The Morgan fingerprint density at radius 3 is 2.39 bits per heavy atom. The highest BCUT2D eigenvalue weighted by molar-refractivity contribution is 7.91. The number of sulfone groups is 1. The third kappa shape index (κ3) is 3.38. The summed E-state index contributed by atoms with van der Waals surface area (Å²) in [7, 11) is -1.67. The molecule has 0 saturated carbocycles. The van der Waals surface area contributed by atoms with Crippen molar-refractivity contribution in [1.29, 1.82) is 0 Å². The molecule has 1 unspecified atom stereocenters. The van der Waals surface area contributed by atoms with E-state index in [4.69, 9.17) is 10.5 Å². The lowest BCUT2D eigenvalue weighted by Crippen LogP contribution is -2.25. The Bertz CT molecular complexity index is 509. The van der Waals surface area contributed by atoms with Gasteiger partial charge in [-0.25, -0.2) is 8.42 Å². The van der Waals surface area contributed by atoms with Gasteiger partial charge in [-0.05, 0) is 18.9 Å². The summed E-state index contributed by atoms with van der Waals surface area (Å²) in [5, 5.41) is -0.375. The van der Waals surface area contributed by atoms with Crippen LogP contribution in [0.25, 0.3) is 0 Å². The maximum absolute atomic E-state index is 12.2. The van der Waals surface area contributed by atoms with Gasteiger partial charge in [-0.3, -0.25) is 0 Å². The minimum absolute atomic E-state index is 0.0181. The molecule has 1 aromatic carbocycles. The van der Waals surface area contributed by atoms with E-state index in [0.717, 1.165) is 0 Å². The topological polar surface area (TPSA) is 69.4 Å². The molecule has 0 aromatic heterocycles. The lowest BCUT2D eigenvalue weighted by Gasteiger charge is -2.17. The standard InChI is InChI=1S/C13H21NO3S/c1-9(2)10(3)18(15,16)8-11-5-6-12(14)7-13(11)17-4/h5-7,9-10H,8,14H2,1-4H3. The van der Waals surface area contributed by atoms with E-state index in [2.05, 4.69) is 0 Å². The number of nitrogen functional groups attached to an aromatic ring is 1. The molecule has 0 amide bonds. The zero-order valence-electron chi connectivity index (χ0n) is 11.3. The van der Waals surface area contributed by atoms with E-state index >= 15 is 0 Å². The Morgan fingerprint density at radius 2 is 1.89 bits per heavy atom. The lowest BCUT2D eigenvalue weighted by molar-refractivity contribution is 0.411. The van der Waals surface area contributed by atoms with Gasteiger partial charge in [0.2, 0.25) is 0 Å². The Kier molecular flexibility index (Phi) is 4.62. The third-order valence-electron chi connectivity index (χ3n) is 3.17. The molecule has 1 aromatic rings. The molecule has 5 heteroatoms. The normalized spacial score (nSPS) is 13.6. The number of rotatable bonds is 5. The summed E-state index contributed by atoms with van der Waals surface area (Å²) in [6.07, 6.45) is 0. The second kappa shape index (κ2) is 5.61. The van der Waals surface area contributed by atoms with E-state index < -0.39 is 9.84 Å². The van der Waals surface area contributed by atoms with Gasteiger partial charge in [0.25, 0.3) is 0 Å². The van der Waals surface area contributed by atoms with Crippen LogP contribution in [0.4, 0.5) is 5.69 Å². The Labute approximate surface area is 109 Å². The van der Waals surface area contributed by atoms with Crippen LogP contribution in [-0.4, -0.2) is 20.8 Å². The van der Waals surface area contributed by atoms with Crippen LogP contribution in [0.2, 0.25) is 0 Å². The van der Waals surface area contributed by atoms with Gasteiger partial charge in [0.05, 0.1) is 18.1 Å². The number of benzene rings is 1. The molecule has 0 saturated heterocycles. The molecule has 4 nitrogen and oxygen atoms in total. The van der Waals surface area contributed by atoms with Crippen LogP contribution in [0.3, 0.4) is 0 Å². The van der Waals surface area contributed by atoms with Crippen molar-refractivity contribution < 1.29 is 13.2 Å². The Balaban J connectivity index is 3.04. The summed E-state index contributed by atoms with van der Waals surface area (Å²) in [5.41, 5.74) is 6.86. The molecule has 0 fully saturated rings. The second-order valence-corrected chi connectivity index (χ2v) is 7.19. The number of anilines is 1. The zero-order chi connectivity index (χ0) is 13.9. The van der Waals surface area contributed by atoms with Gasteiger partial charge in [0, 0.05) is 17.3 Å². The average molecular weight is 271 g/mol. The molecular formula is C13H21NO3S. The summed E-state index contributed by atoms with van der Waals surface area (Å²) in [6, 6.07) is 5.04. The lowest BCUT2D eigenvalue weighted by atomic mass is 10.2. The number of methoxy groups -OCH3 is 1. The molecule has 0 spiro atoms. The van der Waals surface area contributed by atoms with Crippen LogP contribution in [0.1, 0.15) is 26.3 Å². The molecule has 0 aliphatic rings. The molecule has 0 heterocycles. The Morgan fingerprint density at radius 1 is 1.28 bits per heavy atom. The molecule has 0 aliphatic carbocycles. The average Bonchev–Trinajstić information content (AvgIpc) is 2.30. The molecule has 0 radical (unpaired) electrons. The van der Waals surface area contributed by atoms with E-state index in [0.29, 0.717) is 17.0 Å². The molecule has 1 atom stereocenters. The third-order valence-corrected chi connectivity index (χ3v) is 5.56. The van der Waals surface area contributed by atoms with Gasteiger partial charge in [0.15, 0.2) is 9.84 Å². The fraction of sp³-hybridized carbons (Fsp3) is 0.538. The molecule has 102 valence electrons.